The van der Waals surface area contributed by atoms with E-state index in [4.69, 9.17) is 9.47 Å². The standard InChI is InChI=1S/C29H24O3/c30-28(19-16-23-10-4-1-5-11-23)27-18-17-26(31-21-24-12-6-2-7-13-24)20-29(27)32-22-25-14-8-3-9-15-25/h1-20H,21-22H2/b19-16+. The van der Waals surface area contributed by atoms with Crippen molar-refractivity contribution < 1.29 is 14.3 Å². The van der Waals surface area contributed by atoms with Gasteiger partial charge in [0.1, 0.15) is 24.7 Å². The first-order valence-electron chi connectivity index (χ1n) is 10.5. The highest BCUT2D eigenvalue weighted by Gasteiger charge is 2.13. The second-order valence-corrected chi connectivity index (χ2v) is 7.31. The van der Waals surface area contributed by atoms with Gasteiger partial charge >= 0.3 is 0 Å². The molecule has 4 aromatic carbocycles. The Labute approximate surface area is 188 Å². The maximum Gasteiger partial charge on any atom is 0.189 e. The molecule has 32 heavy (non-hydrogen) atoms. The highest BCUT2D eigenvalue weighted by Crippen LogP contribution is 2.27. The zero-order valence-electron chi connectivity index (χ0n) is 17.7. The third kappa shape index (κ3) is 5.96. The summed E-state index contributed by atoms with van der Waals surface area (Å²) in [5.74, 6) is 1.04. The molecule has 0 fully saturated rings. The largest absolute Gasteiger partial charge is 0.489 e. The van der Waals surface area contributed by atoms with Gasteiger partial charge in [0.2, 0.25) is 0 Å². The summed E-state index contributed by atoms with van der Waals surface area (Å²) in [7, 11) is 0. The van der Waals surface area contributed by atoms with Crippen LogP contribution in [0, 0.1) is 0 Å². The highest BCUT2D eigenvalue weighted by atomic mass is 16.5. The maximum atomic E-state index is 12.9. The fraction of sp³-hybridized carbons (Fsp3) is 0.0690. The van der Waals surface area contributed by atoms with E-state index in [1.165, 1.54) is 0 Å². The molecule has 0 aromatic heterocycles. The van der Waals surface area contributed by atoms with Crippen molar-refractivity contribution >= 4 is 11.9 Å². The van der Waals surface area contributed by atoms with E-state index >= 15 is 0 Å². The predicted octanol–water partition coefficient (Wildman–Crippen LogP) is 6.74. The second kappa shape index (κ2) is 10.8. The minimum atomic E-state index is -0.119. The molecule has 0 saturated heterocycles. The Balaban J connectivity index is 1.54. The summed E-state index contributed by atoms with van der Waals surface area (Å²) >= 11 is 0. The molecule has 3 heteroatoms. The van der Waals surface area contributed by atoms with Crippen molar-refractivity contribution in [3.05, 3.63) is 138 Å². The number of hydrogen-bond donors (Lipinski definition) is 0. The van der Waals surface area contributed by atoms with E-state index in [0.717, 1.165) is 16.7 Å². The number of benzene rings is 4. The van der Waals surface area contributed by atoms with Gasteiger partial charge in [-0.05, 0) is 34.9 Å². The average Bonchev–Trinajstić information content (AvgIpc) is 2.86. The number of rotatable bonds is 9. The Bertz CT molecular complexity index is 1170. The zero-order chi connectivity index (χ0) is 22.0. The maximum absolute atomic E-state index is 12.9. The van der Waals surface area contributed by atoms with Crippen LogP contribution in [0.4, 0.5) is 0 Å². The lowest BCUT2D eigenvalue weighted by atomic mass is 10.1. The van der Waals surface area contributed by atoms with Gasteiger partial charge in [-0.3, -0.25) is 4.79 Å². The topological polar surface area (TPSA) is 35.5 Å². The summed E-state index contributed by atoms with van der Waals surface area (Å²) in [4.78, 5) is 12.9. The Morgan fingerprint density at radius 3 is 1.84 bits per heavy atom. The molecule has 0 atom stereocenters. The van der Waals surface area contributed by atoms with E-state index in [-0.39, 0.29) is 5.78 Å². The molecular formula is C29H24O3. The molecular weight excluding hydrogens is 396 g/mol. The third-order valence-electron chi connectivity index (χ3n) is 4.93. The number of allylic oxidation sites excluding steroid dienone is 1. The van der Waals surface area contributed by atoms with Crippen molar-refractivity contribution in [3.63, 3.8) is 0 Å². The lowest BCUT2D eigenvalue weighted by Gasteiger charge is -2.13. The second-order valence-electron chi connectivity index (χ2n) is 7.31. The van der Waals surface area contributed by atoms with Gasteiger partial charge in [-0.1, -0.05) is 97.1 Å². The van der Waals surface area contributed by atoms with Gasteiger partial charge in [0, 0.05) is 6.07 Å². The molecule has 4 rings (SSSR count). The van der Waals surface area contributed by atoms with E-state index in [9.17, 15) is 4.79 Å². The molecule has 0 amide bonds. The Hall–Kier alpha value is -4.11. The molecule has 3 nitrogen and oxygen atoms in total. The van der Waals surface area contributed by atoms with Gasteiger partial charge in [-0.2, -0.15) is 0 Å². The van der Waals surface area contributed by atoms with Crippen molar-refractivity contribution in [1.29, 1.82) is 0 Å². The van der Waals surface area contributed by atoms with Gasteiger partial charge in [0.25, 0.3) is 0 Å². The monoisotopic (exact) mass is 420 g/mol. The van der Waals surface area contributed by atoms with E-state index in [0.29, 0.717) is 30.3 Å². The van der Waals surface area contributed by atoms with Crippen molar-refractivity contribution in [2.75, 3.05) is 0 Å². The number of carbonyl (C=O) groups is 1. The highest BCUT2D eigenvalue weighted by molar-refractivity contribution is 6.08. The third-order valence-corrected chi connectivity index (χ3v) is 4.93. The molecule has 0 heterocycles. The van der Waals surface area contributed by atoms with E-state index in [1.807, 2.05) is 103 Å². The lowest BCUT2D eigenvalue weighted by Crippen LogP contribution is -2.04. The van der Waals surface area contributed by atoms with Crippen LogP contribution in [0.5, 0.6) is 11.5 Å². The molecule has 0 N–H and O–H groups in total. The smallest absolute Gasteiger partial charge is 0.189 e. The molecule has 0 aliphatic heterocycles. The van der Waals surface area contributed by atoms with Gasteiger partial charge in [0.05, 0.1) is 5.56 Å². The summed E-state index contributed by atoms with van der Waals surface area (Å²) in [5.41, 5.74) is 3.57. The van der Waals surface area contributed by atoms with Crippen molar-refractivity contribution in [2.45, 2.75) is 13.2 Å². The number of ether oxygens (including phenoxy) is 2. The number of carbonyl (C=O) groups excluding carboxylic acids is 1. The molecule has 0 saturated carbocycles. The Morgan fingerprint density at radius 2 is 1.22 bits per heavy atom. The zero-order valence-corrected chi connectivity index (χ0v) is 17.7. The molecule has 4 aromatic rings. The van der Waals surface area contributed by atoms with Crippen molar-refractivity contribution in [2.24, 2.45) is 0 Å². The predicted molar refractivity (Wildman–Crippen MR) is 128 cm³/mol. The lowest BCUT2D eigenvalue weighted by molar-refractivity contribution is 0.104. The quantitative estimate of drug-likeness (QED) is 0.222. The molecule has 158 valence electrons. The number of hydrogen-bond acceptors (Lipinski definition) is 3. The average molecular weight is 421 g/mol. The van der Waals surface area contributed by atoms with E-state index in [2.05, 4.69) is 0 Å². The van der Waals surface area contributed by atoms with Gasteiger partial charge in [-0.15, -0.1) is 0 Å². The summed E-state index contributed by atoms with van der Waals surface area (Å²) in [5, 5.41) is 0. The van der Waals surface area contributed by atoms with Crippen LogP contribution in [-0.4, -0.2) is 5.78 Å². The van der Waals surface area contributed by atoms with Crippen LogP contribution >= 0.6 is 0 Å². The summed E-state index contributed by atoms with van der Waals surface area (Å²) in [6, 6.07) is 34.9. The molecule has 0 aliphatic carbocycles. The van der Waals surface area contributed by atoms with Gasteiger partial charge in [-0.25, -0.2) is 0 Å². The number of ketones is 1. The molecule has 0 unspecified atom stereocenters. The minimum Gasteiger partial charge on any atom is -0.489 e. The van der Waals surface area contributed by atoms with Crippen LogP contribution in [0.25, 0.3) is 6.08 Å². The molecule has 0 bridgehead atoms. The van der Waals surface area contributed by atoms with E-state index < -0.39 is 0 Å². The van der Waals surface area contributed by atoms with Crippen LogP contribution in [0.2, 0.25) is 0 Å². The Kier molecular flexibility index (Phi) is 7.12. The van der Waals surface area contributed by atoms with Crippen LogP contribution in [0.15, 0.2) is 115 Å². The minimum absolute atomic E-state index is 0.119. The Morgan fingerprint density at radius 1 is 0.656 bits per heavy atom. The van der Waals surface area contributed by atoms with E-state index in [1.54, 1.807) is 18.2 Å². The van der Waals surface area contributed by atoms with Gasteiger partial charge in [0.15, 0.2) is 5.78 Å². The first-order chi connectivity index (χ1) is 15.8. The molecule has 0 spiro atoms. The van der Waals surface area contributed by atoms with Crippen molar-refractivity contribution in [1.82, 2.24) is 0 Å². The summed E-state index contributed by atoms with van der Waals surface area (Å²) in [6.07, 6.45) is 3.38. The van der Waals surface area contributed by atoms with Crippen LogP contribution < -0.4 is 9.47 Å². The molecule has 0 radical (unpaired) electrons. The van der Waals surface area contributed by atoms with Crippen LogP contribution in [0.1, 0.15) is 27.0 Å². The van der Waals surface area contributed by atoms with Crippen molar-refractivity contribution in [3.8, 4) is 11.5 Å². The fourth-order valence-corrected chi connectivity index (χ4v) is 3.22. The SMILES string of the molecule is O=C(/C=C/c1ccccc1)c1ccc(OCc2ccccc2)cc1OCc1ccccc1. The first-order valence-corrected chi connectivity index (χ1v) is 10.5. The molecule has 0 aliphatic rings. The first kappa shape index (κ1) is 21.1. The summed E-state index contributed by atoms with van der Waals surface area (Å²) < 4.78 is 12.0. The van der Waals surface area contributed by atoms with Gasteiger partial charge < -0.3 is 9.47 Å². The summed E-state index contributed by atoms with van der Waals surface area (Å²) in [6.45, 7) is 0.811. The fourth-order valence-electron chi connectivity index (χ4n) is 3.22. The van der Waals surface area contributed by atoms with Crippen LogP contribution in [-0.2, 0) is 13.2 Å². The normalized spacial score (nSPS) is 10.8. The van der Waals surface area contributed by atoms with Crippen LogP contribution in [0.3, 0.4) is 0 Å².